The van der Waals surface area contributed by atoms with E-state index in [4.69, 9.17) is 14.2 Å². The molecule has 5 rings (SSSR count). The molecule has 1 aliphatic heterocycles. The highest BCUT2D eigenvalue weighted by Crippen LogP contribution is 2.39. The first kappa shape index (κ1) is 26.1. The fraction of sp³-hybridized carbons (Fsp3) is 0.333. The van der Waals surface area contributed by atoms with Gasteiger partial charge in [-0.15, -0.1) is 0 Å². The van der Waals surface area contributed by atoms with Crippen molar-refractivity contribution < 1.29 is 19.3 Å². The number of methoxy groups -OCH3 is 2. The summed E-state index contributed by atoms with van der Waals surface area (Å²) in [4.78, 5) is 2.53. The lowest BCUT2D eigenvalue weighted by atomic mass is 9.88. The minimum atomic E-state index is -0.808. The van der Waals surface area contributed by atoms with E-state index in [1.807, 2.05) is 66.7 Å². The smallest absolute Gasteiger partial charge is 0.119 e. The number of likely N-dealkylation sites (tertiary alicyclic amines) is 1. The summed E-state index contributed by atoms with van der Waals surface area (Å²) < 4.78 is 16.8. The fourth-order valence-electron chi connectivity index (χ4n) is 5.35. The number of hydrogen-bond acceptors (Lipinski definition) is 5. The van der Waals surface area contributed by atoms with Crippen molar-refractivity contribution in [2.75, 3.05) is 40.5 Å². The van der Waals surface area contributed by atoms with E-state index in [1.165, 1.54) is 32.4 Å². The van der Waals surface area contributed by atoms with Crippen molar-refractivity contribution in [2.45, 2.75) is 31.8 Å². The van der Waals surface area contributed by atoms with Gasteiger partial charge >= 0.3 is 0 Å². The van der Waals surface area contributed by atoms with Crippen molar-refractivity contribution >= 4 is 10.8 Å². The Morgan fingerprint density at radius 2 is 1.45 bits per heavy atom. The standard InChI is InChI=1S/C33H37NO4/c1-36-27-12-7-24(8-13-27)30-17-11-26-23-29(37-2)16-18-31(26)32(30)33(35)25-9-14-28(15-10-25)38-22-6-21-34-19-4-3-5-20-34/h7-18,23,33,35H,3-6,19-22H2,1-2H3. The van der Waals surface area contributed by atoms with Gasteiger partial charge in [0.2, 0.25) is 0 Å². The number of aliphatic hydroxyl groups is 1. The zero-order chi connectivity index (χ0) is 26.3. The lowest BCUT2D eigenvalue weighted by Crippen LogP contribution is -2.31. The van der Waals surface area contributed by atoms with E-state index in [9.17, 15) is 5.11 Å². The van der Waals surface area contributed by atoms with Gasteiger partial charge in [0.25, 0.3) is 0 Å². The summed E-state index contributed by atoms with van der Waals surface area (Å²) in [5, 5.41) is 13.7. The predicted molar refractivity (Wildman–Crippen MR) is 153 cm³/mol. The number of hydrogen-bond donors (Lipinski definition) is 1. The van der Waals surface area contributed by atoms with E-state index in [0.717, 1.165) is 63.2 Å². The molecule has 0 radical (unpaired) electrons. The van der Waals surface area contributed by atoms with Crippen LogP contribution in [-0.4, -0.2) is 50.5 Å². The molecule has 1 atom stereocenters. The van der Waals surface area contributed by atoms with Gasteiger partial charge in [0, 0.05) is 12.1 Å². The molecule has 38 heavy (non-hydrogen) atoms. The van der Waals surface area contributed by atoms with E-state index in [2.05, 4.69) is 17.0 Å². The maximum atomic E-state index is 11.7. The summed E-state index contributed by atoms with van der Waals surface area (Å²) in [6.07, 6.45) is 4.20. The van der Waals surface area contributed by atoms with Gasteiger partial charge in [-0.2, -0.15) is 0 Å². The van der Waals surface area contributed by atoms with E-state index >= 15 is 0 Å². The van der Waals surface area contributed by atoms with Crippen LogP contribution in [0.15, 0.2) is 78.9 Å². The quantitative estimate of drug-likeness (QED) is 0.236. The molecule has 0 aromatic heterocycles. The van der Waals surface area contributed by atoms with Crippen molar-refractivity contribution in [3.63, 3.8) is 0 Å². The minimum Gasteiger partial charge on any atom is -0.497 e. The van der Waals surface area contributed by atoms with Crippen molar-refractivity contribution in [1.82, 2.24) is 4.90 Å². The SMILES string of the molecule is COc1ccc(-c2ccc3cc(OC)ccc3c2C(O)c2ccc(OCCCN3CCCCC3)cc2)cc1. The van der Waals surface area contributed by atoms with Crippen LogP contribution in [0.25, 0.3) is 21.9 Å². The number of rotatable bonds is 10. The molecule has 0 saturated carbocycles. The lowest BCUT2D eigenvalue weighted by Gasteiger charge is -2.26. The number of nitrogens with zero attached hydrogens (tertiary/aromatic N) is 1. The average molecular weight is 512 g/mol. The Hall–Kier alpha value is -3.54. The third kappa shape index (κ3) is 5.95. The first-order chi connectivity index (χ1) is 18.7. The normalized spacial score (nSPS) is 14.8. The van der Waals surface area contributed by atoms with Crippen molar-refractivity contribution in [2.24, 2.45) is 0 Å². The topological polar surface area (TPSA) is 51.2 Å². The van der Waals surface area contributed by atoms with Gasteiger partial charge < -0.3 is 24.2 Å². The fourth-order valence-corrected chi connectivity index (χ4v) is 5.35. The summed E-state index contributed by atoms with van der Waals surface area (Å²) in [7, 11) is 3.33. The highest BCUT2D eigenvalue weighted by molar-refractivity contribution is 5.93. The monoisotopic (exact) mass is 511 g/mol. The molecule has 5 nitrogen and oxygen atoms in total. The molecule has 4 aromatic rings. The molecule has 1 heterocycles. The maximum Gasteiger partial charge on any atom is 0.119 e. The van der Waals surface area contributed by atoms with Gasteiger partial charge in [-0.1, -0.05) is 48.9 Å². The van der Waals surface area contributed by atoms with Crippen LogP contribution in [0.3, 0.4) is 0 Å². The van der Waals surface area contributed by atoms with Gasteiger partial charge in [0.15, 0.2) is 0 Å². The average Bonchev–Trinajstić information content (AvgIpc) is 2.99. The Morgan fingerprint density at radius 1 is 0.763 bits per heavy atom. The van der Waals surface area contributed by atoms with Crippen LogP contribution < -0.4 is 14.2 Å². The van der Waals surface area contributed by atoms with Crippen LogP contribution in [0, 0.1) is 0 Å². The number of aliphatic hydroxyl groups excluding tert-OH is 1. The predicted octanol–water partition coefficient (Wildman–Crippen LogP) is 6.86. The van der Waals surface area contributed by atoms with Crippen LogP contribution >= 0.6 is 0 Å². The summed E-state index contributed by atoms with van der Waals surface area (Å²) in [5.41, 5.74) is 3.69. The minimum absolute atomic E-state index is 0.700. The molecular formula is C33H37NO4. The molecule has 0 aliphatic carbocycles. The molecule has 0 bridgehead atoms. The first-order valence-electron chi connectivity index (χ1n) is 13.5. The van der Waals surface area contributed by atoms with Crippen LogP contribution in [0.2, 0.25) is 0 Å². The zero-order valence-corrected chi connectivity index (χ0v) is 22.4. The van der Waals surface area contributed by atoms with Crippen LogP contribution in [-0.2, 0) is 0 Å². The summed E-state index contributed by atoms with van der Waals surface area (Å²) in [6.45, 7) is 4.22. The van der Waals surface area contributed by atoms with Crippen LogP contribution in [0.4, 0.5) is 0 Å². The van der Waals surface area contributed by atoms with E-state index < -0.39 is 6.10 Å². The Morgan fingerprint density at radius 3 is 2.16 bits per heavy atom. The molecule has 1 N–H and O–H groups in total. The first-order valence-corrected chi connectivity index (χ1v) is 13.5. The van der Waals surface area contributed by atoms with Gasteiger partial charge in [0.1, 0.15) is 23.4 Å². The van der Waals surface area contributed by atoms with Crippen molar-refractivity contribution in [1.29, 1.82) is 0 Å². The third-order valence-electron chi connectivity index (χ3n) is 7.48. The summed E-state index contributed by atoms with van der Waals surface area (Å²) in [6, 6.07) is 25.9. The number of ether oxygens (including phenoxy) is 3. The van der Waals surface area contributed by atoms with E-state index in [0.29, 0.717) is 6.61 Å². The van der Waals surface area contributed by atoms with Gasteiger partial charge in [-0.05, 0) is 96.2 Å². The molecule has 4 aromatic carbocycles. The van der Waals surface area contributed by atoms with E-state index in [1.54, 1.807) is 14.2 Å². The van der Waals surface area contributed by atoms with Crippen molar-refractivity contribution in [3.8, 4) is 28.4 Å². The van der Waals surface area contributed by atoms with Gasteiger partial charge in [-0.25, -0.2) is 0 Å². The molecule has 1 unspecified atom stereocenters. The second-order valence-corrected chi connectivity index (χ2v) is 9.92. The molecule has 0 spiro atoms. The summed E-state index contributed by atoms with van der Waals surface area (Å²) >= 11 is 0. The third-order valence-corrected chi connectivity index (χ3v) is 7.48. The van der Waals surface area contributed by atoms with Crippen LogP contribution in [0.1, 0.15) is 42.9 Å². The zero-order valence-electron chi connectivity index (χ0n) is 22.4. The molecule has 1 aliphatic rings. The number of benzene rings is 4. The Labute approximate surface area is 225 Å². The molecule has 1 saturated heterocycles. The highest BCUT2D eigenvalue weighted by Gasteiger charge is 2.20. The van der Waals surface area contributed by atoms with Crippen LogP contribution in [0.5, 0.6) is 17.2 Å². The molecular weight excluding hydrogens is 474 g/mol. The second kappa shape index (κ2) is 12.3. The maximum absolute atomic E-state index is 11.7. The Kier molecular flexibility index (Phi) is 8.47. The van der Waals surface area contributed by atoms with Gasteiger partial charge in [0.05, 0.1) is 20.8 Å². The van der Waals surface area contributed by atoms with Gasteiger partial charge in [-0.3, -0.25) is 0 Å². The summed E-state index contributed by atoms with van der Waals surface area (Å²) in [5.74, 6) is 2.42. The molecule has 1 fully saturated rings. The Bertz CT molecular complexity index is 1330. The largest absolute Gasteiger partial charge is 0.497 e. The molecule has 5 heteroatoms. The number of fused-ring (bicyclic) bond motifs is 1. The number of piperidine rings is 1. The van der Waals surface area contributed by atoms with E-state index in [-0.39, 0.29) is 0 Å². The second-order valence-electron chi connectivity index (χ2n) is 9.92. The van der Waals surface area contributed by atoms with Crippen molar-refractivity contribution in [3.05, 3.63) is 90.0 Å². The Balaban J connectivity index is 1.38. The molecule has 0 amide bonds. The highest BCUT2D eigenvalue weighted by atomic mass is 16.5. The molecule has 198 valence electrons. The lowest BCUT2D eigenvalue weighted by molar-refractivity contribution is 0.204.